The van der Waals surface area contributed by atoms with Crippen LogP contribution in [0, 0.1) is 0 Å². The summed E-state index contributed by atoms with van der Waals surface area (Å²) in [5.74, 6) is 0.811. The molecule has 1 aliphatic carbocycles. The monoisotopic (exact) mass is 456 g/mol. The molecule has 166 valence electrons. The molecule has 2 aromatic carbocycles. The van der Waals surface area contributed by atoms with Gasteiger partial charge in [0.2, 0.25) is 5.91 Å². The van der Waals surface area contributed by atoms with Crippen molar-refractivity contribution in [3.63, 3.8) is 0 Å². The molecule has 4 aromatic rings. The number of aryl methyl sites for hydroxylation is 1. The molecule has 2 N–H and O–H groups in total. The van der Waals surface area contributed by atoms with Crippen molar-refractivity contribution >= 4 is 44.9 Å². The predicted molar refractivity (Wildman–Crippen MR) is 132 cm³/mol. The number of H-pyrrole nitrogens is 1. The van der Waals surface area contributed by atoms with Crippen molar-refractivity contribution in [2.24, 2.45) is 0 Å². The number of aromatic nitrogens is 2. The maximum atomic E-state index is 13.2. The summed E-state index contributed by atoms with van der Waals surface area (Å²) in [4.78, 5) is 36.6. The largest absolute Gasteiger partial charge is 0.338 e. The Bertz CT molecular complexity index is 1340. The van der Waals surface area contributed by atoms with Gasteiger partial charge in [0.25, 0.3) is 5.91 Å². The number of nitrogens with one attached hydrogen (secondary N) is 2. The Hall–Kier alpha value is -3.45. The van der Waals surface area contributed by atoms with Gasteiger partial charge in [-0.1, -0.05) is 12.1 Å². The fraction of sp³-hybridized carbons (Fsp3) is 0.269. The first-order valence-electron chi connectivity index (χ1n) is 11.5. The molecule has 1 aliphatic heterocycles. The average Bonchev–Trinajstić information content (AvgIpc) is 3.54. The van der Waals surface area contributed by atoms with Gasteiger partial charge in [0.15, 0.2) is 0 Å². The lowest BCUT2D eigenvalue weighted by Crippen LogP contribution is -2.23. The van der Waals surface area contributed by atoms with Gasteiger partial charge in [-0.15, -0.1) is 11.3 Å². The van der Waals surface area contributed by atoms with Crippen LogP contribution in [0.3, 0.4) is 0 Å². The van der Waals surface area contributed by atoms with Gasteiger partial charge in [-0.2, -0.15) is 0 Å². The molecule has 1 fully saturated rings. The normalized spacial score (nSPS) is 15.8. The molecule has 2 aromatic heterocycles. The molecular formula is C26H24N4O2S. The minimum Gasteiger partial charge on any atom is -0.338 e. The van der Waals surface area contributed by atoms with Crippen LogP contribution in [0.4, 0.5) is 10.7 Å². The summed E-state index contributed by atoms with van der Waals surface area (Å²) in [5, 5.41) is 4.02. The zero-order chi connectivity index (χ0) is 22.4. The van der Waals surface area contributed by atoms with Gasteiger partial charge in [-0.3, -0.25) is 9.59 Å². The third-order valence-electron chi connectivity index (χ3n) is 6.54. The van der Waals surface area contributed by atoms with E-state index in [2.05, 4.69) is 10.3 Å². The van der Waals surface area contributed by atoms with Crippen molar-refractivity contribution in [1.82, 2.24) is 9.97 Å². The topological polar surface area (TPSA) is 78.1 Å². The number of fused-ring (bicyclic) bond motifs is 2. The van der Waals surface area contributed by atoms with Crippen LogP contribution in [0.25, 0.3) is 22.4 Å². The predicted octanol–water partition coefficient (Wildman–Crippen LogP) is 5.55. The number of anilines is 2. The Morgan fingerprint density at radius 1 is 1.00 bits per heavy atom. The standard InChI is InChI=1S/C26H24N4O2S/c31-22-10-5-15-30(22)17-13-11-16(12-14-17)25(32)29-26-23(18-6-1-4-9-21(18)33-26)24-27-19-7-2-3-8-20(19)28-24/h2-3,7-8,11-14H,1,4-6,9-10,15H2,(H,27,28)(H,29,32). The number of thiophene rings is 1. The summed E-state index contributed by atoms with van der Waals surface area (Å²) in [7, 11) is 0. The minimum atomic E-state index is -0.148. The SMILES string of the molecule is O=C(Nc1sc2c(c1-c1nc3ccccc3[nH]1)CCCC2)c1ccc(N2CCCC2=O)cc1. The fourth-order valence-electron chi connectivity index (χ4n) is 4.86. The molecule has 33 heavy (non-hydrogen) atoms. The van der Waals surface area contributed by atoms with E-state index in [1.54, 1.807) is 28.4 Å². The van der Waals surface area contributed by atoms with Crippen molar-refractivity contribution in [2.45, 2.75) is 38.5 Å². The van der Waals surface area contributed by atoms with Crippen LogP contribution >= 0.6 is 11.3 Å². The van der Waals surface area contributed by atoms with Crippen LogP contribution in [0.2, 0.25) is 0 Å². The summed E-state index contributed by atoms with van der Waals surface area (Å²) in [6.45, 7) is 0.742. The highest BCUT2D eigenvalue weighted by molar-refractivity contribution is 7.17. The maximum Gasteiger partial charge on any atom is 0.256 e. The molecule has 2 aliphatic rings. The van der Waals surface area contributed by atoms with Crippen molar-refractivity contribution in [1.29, 1.82) is 0 Å². The van der Waals surface area contributed by atoms with Crippen LogP contribution in [0.1, 0.15) is 46.5 Å². The van der Waals surface area contributed by atoms with E-state index in [0.717, 1.165) is 65.3 Å². The van der Waals surface area contributed by atoms with E-state index in [4.69, 9.17) is 4.98 Å². The van der Waals surface area contributed by atoms with Gasteiger partial charge in [0.1, 0.15) is 10.8 Å². The highest BCUT2D eigenvalue weighted by Gasteiger charge is 2.26. The molecule has 1 saturated heterocycles. The second kappa shape index (κ2) is 8.15. The number of imidazole rings is 1. The van der Waals surface area contributed by atoms with E-state index in [-0.39, 0.29) is 11.8 Å². The number of benzene rings is 2. The number of rotatable bonds is 4. The lowest BCUT2D eigenvalue weighted by Gasteiger charge is -2.15. The summed E-state index contributed by atoms with van der Waals surface area (Å²) in [6.07, 6.45) is 5.86. The molecular weight excluding hydrogens is 432 g/mol. The summed E-state index contributed by atoms with van der Waals surface area (Å²) in [6, 6.07) is 15.3. The number of hydrogen-bond donors (Lipinski definition) is 2. The smallest absolute Gasteiger partial charge is 0.256 e. The number of carbonyl (C=O) groups is 2. The molecule has 0 bridgehead atoms. The molecule has 7 heteroatoms. The van der Waals surface area contributed by atoms with Crippen molar-refractivity contribution in [3.8, 4) is 11.4 Å². The fourth-order valence-corrected chi connectivity index (χ4v) is 6.15. The third-order valence-corrected chi connectivity index (χ3v) is 7.75. The quantitative estimate of drug-likeness (QED) is 0.423. The van der Waals surface area contributed by atoms with Crippen LogP contribution in [-0.4, -0.2) is 28.3 Å². The van der Waals surface area contributed by atoms with Crippen LogP contribution < -0.4 is 10.2 Å². The Balaban J connectivity index is 1.32. The van der Waals surface area contributed by atoms with E-state index in [1.165, 1.54) is 16.9 Å². The summed E-state index contributed by atoms with van der Waals surface area (Å²) >= 11 is 1.67. The van der Waals surface area contributed by atoms with E-state index in [1.807, 2.05) is 36.4 Å². The van der Waals surface area contributed by atoms with Crippen molar-refractivity contribution in [3.05, 3.63) is 64.5 Å². The lowest BCUT2D eigenvalue weighted by atomic mass is 9.95. The molecule has 0 radical (unpaired) electrons. The molecule has 3 heterocycles. The molecule has 0 unspecified atom stereocenters. The highest BCUT2D eigenvalue weighted by Crippen LogP contribution is 2.44. The molecule has 2 amide bonds. The molecule has 0 spiro atoms. The number of hydrogen-bond acceptors (Lipinski definition) is 4. The summed E-state index contributed by atoms with van der Waals surface area (Å²) in [5.41, 5.74) is 5.68. The lowest BCUT2D eigenvalue weighted by molar-refractivity contribution is -0.117. The first-order chi connectivity index (χ1) is 16.2. The van der Waals surface area contributed by atoms with Crippen molar-refractivity contribution < 1.29 is 9.59 Å². The second-order valence-electron chi connectivity index (χ2n) is 8.67. The summed E-state index contributed by atoms with van der Waals surface area (Å²) < 4.78 is 0. The first kappa shape index (κ1) is 20.2. The number of aromatic amines is 1. The van der Waals surface area contributed by atoms with Crippen LogP contribution in [0.5, 0.6) is 0 Å². The van der Waals surface area contributed by atoms with E-state index in [0.29, 0.717) is 12.0 Å². The van der Waals surface area contributed by atoms with E-state index < -0.39 is 0 Å². The molecule has 6 nitrogen and oxygen atoms in total. The van der Waals surface area contributed by atoms with Gasteiger partial charge in [-0.25, -0.2) is 4.98 Å². The van der Waals surface area contributed by atoms with Crippen molar-refractivity contribution in [2.75, 3.05) is 16.8 Å². The highest BCUT2D eigenvalue weighted by atomic mass is 32.1. The Morgan fingerprint density at radius 2 is 1.82 bits per heavy atom. The number of nitrogens with zero attached hydrogens (tertiary/aromatic N) is 2. The Kier molecular flexibility index (Phi) is 4.99. The van der Waals surface area contributed by atoms with Crippen LogP contribution in [-0.2, 0) is 17.6 Å². The van der Waals surface area contributed by atoms with Gasteiger partial charge in [-0.05, 0) is 74.1 Å². The number of para-hydroxylation sites is 2. The minimum absolute atomic E-state index is 0.145. The molecule has 0 atom stereocenters. The molecule has 6 rings (SSSR count). The van der Waals surface area contributed by atoms with Gasteiger partial charge in [0, 0.05) is 29.1 Å². The number of amides is 2. The van der Waals surface area contributed by atoms with Gasteiger partial charge >= 0.3 is 0 Å². The molecule has 0 saturated carbocycles. The first-order valence-corrected chi connectivity index (χ1v) is 12.3. The second-order valence-corrected chi connectivity index (χ2v) is 9.77. The van der Waals surface area contributed by atoms with Gasteiger partial charge in [0.05, 0.1) is 16.6 Å². The van der Waals surface area contributed by atoms with Crippen LogP contribution in [0.15, 0.2) is 48.5 Å². The van der Waals surface area contributed by atoms with E-state index in [9.17, 15) is 9.59 Å². The number of carbonyl (C=O) groups excluding carboxylic acids is 2. The Labute approximate surface area is 195 Å². The van der Waals surface area contributed by atoms with E-state index >= 15 is 0 Å². The van der Waals surface area contributed by atoms with Gasteiger partial charge < -0.3 is 15.2 Å². The zero-order valence-corrected chi connectivity index (χ0v) is 19.0. The average molecular weight is 457 g/mol. The third kappa shape index (κ3) is 3.62. The zero-order valence-electron chi connectivity index (χ0n) is 18.2. The Morgan fingerprint density at radius 3 is 2.61 bits per heavy atom. The maximum absolute atomic E-state index is 13.2.